The quantitative estimate of drug-likeness (QED) is 0.810. The van der Waals surface area contributed by atoms with Gasteiger partial charge < -0.3 is 4.90 Å². The van der Waals surface area contributed by atoms with Gasteiger partial charge in [-0.3, -0.25) is 5.32 Å². The maximum absolute atomic E-state index is 9.80. The lowest BCUT2D eigenvalue weighted by Gasteiger charge is -2.35. The molecule has 0 aromatic carbocycles. The molecule has 20 heavy (non-hydrogen) atoms. The molecule has 1 N–H and O–H groups in total. The average molecular weight is 277 g/mol. The van der Waals surface area contributed by atoms with Crippen LogP contribution in [-0.2, 0) is 0 Å². The largest absolute Gasteiger partial charge is 0.300 e. The Hall–Kier alpha value is -0.590. The van der Waals surface area contributed by atoms with E-state index in [1.165, 1.54) is 51.6 Å². The Labute approximate surface area is 124 Å². The number of nitrogens with zero attached hydrogens (tertiary/aromatic N) is 2. The van der Waals surface area contributed by atoms with Crippen molar-refractivity contribution in [3.05, 3.63) is 0 Å². The molecule has 0 aromatic heterocycles. The van der Waals surface area contributed by atoms with E-state index in [0.717, 1.165) is 12.5 Å². The highest BCUT2D eigenvalue weighted by molar-refractivity contribution is 5.17. The summed E-state index contributed by atoms with van der Waals surface area (Å²) in [5.74, 6) is 1.47. The predicted molar refractivity (Wildman–Crippen MR) is 83.4 cm³/mol. The Kier molecular flexibility index (Phi) is 5.46. The van der Waals surface area contributed by atoms with E-state index in [4.69, 9.17) is 0 Å². The zero-order valence-corrected chi connectivity index (χ0v) is 13.5. The van der Waals surface area contributed by atoms with Gasteiger partial charge in [-0.2, -0.15) is 5.26 Å². The standard InChI is InChI=1S/C17H31N3/c1-4-15-6-5-10-20(11-9-15)13-17(12-18,16-7-8-16)19-14(2)3/h14-16,19H,4-11,13H2,1-3H3. The topological polar surface area (TPSA) is 39.1 Å². The highest BCUT2D eigenvalue weighted by Crippen LogP contribution is 2.40. The third-order valence-corrected chi connectivity index (χ3v) is 5.01. The van der Waals surface area contributed by atoms with Crippen LogP contribution in [-0.4, -0.2) is 36.1 Å². The summed E-state index contributed by atoms with van der Waals surface area (Å²) in [4.78, 5) is 2.55. The molecule has 2 aliphatic rings. The molecule has 0 amide bonds. The highest BCUT2D eigenvalue weighted by atomic mass is 15.2. The normalized spacial score (nSPS) is 27.9. The van der Waals surface area contributed by atoms with Crippen LogP contribution in [0, 0.1) is 23.2 Å². The molecule has 1 heterocycles. The van der Waals surface area contributed by atoms with Crippen molar-refractivity contribution < 1.29 is 0 Å². The fourth-order valence-corrected chi connectivity index (χ4v) is 3.69. The Morgan fingerprint density at radius 1 is 1.25 bits per heavy atom. The molecule has 1 saturated heterocycles. The van der Waals surface area contributed by atoms with Gasteiger partial charge in [-0.15, -0.1) is 0 Å². The Morgan fingerprint density at radius 3 is 2.55 bits per heavy atom. The minimum Gasteiger partial charge on any atom is -0.300 e. The van der Waals surface area contributed by atoms with Crippen molar-refractivity contribution in [3.8, 4) is 6.07 Å². The summed E-state index contributed by atoms with van der Waals surface area (Å²) >= 11 is 0. The van der Waals surface area contributed by atoms with Crippen molar-refractivity contribution >= 4 is 0 Å². The van der Waals surface area contributed by atoms with Crippen molar-refractivity contribution in [1.29, 1.82) is 5.26 Å². The van der Waals surface area contributed by atoms with Crippen molar-refractivity contribution in [2.45, 2.75) is 70.9 Å². The van der Waals surface area contributed by atoms with Gasteiger partial charge in [0.05, 0.1) is 6.07 Å². The monoisotopic (exact) mass is 277 g/mol. The van der Waals surface area contributed by atoms with Crippen LogP contribution in [0.3, 0.4) is 0 Å². The molecule has 2 fully saturated rings. The third-order valence-electron chi connectivity index (χ3n) is 5.01. The van der Waals surface area contributed by atoms with E-state index >= 15 is 0 Å². The summed E-state index contributed by atoms with van der Waals surface area (Å²) in [6.07, 6.45) is 7.73. The summed E-state index contributed by atoms with van der Waals surface area (Å²) in [5.41, 5.74) is -0.305. The molecule has 1 saturated carbocycles. The van der Waals surface area contributed by atoms with Crippen LogP contribution in [0.25, 0.3) is 0 Å². The van der Waals surface area contributed by atoms with Crippen LogP contribution in [0.5, 0.6) is 0 Å². The van der Waals surface area contributed by atoms with Crippen LogP contribution < -0.4 is 5.32 Å². The first kappa shape index (κ1) is 15.8. The summed E-state index contributed by atoms with van der Waals surface area (Å²) in [6, 6.07) is 3.03. The smallest absolute Gasteiger partial charge is 0.122 e. The van der Waals surface area contributed by atoms with Gasteiger partial charge in [-0.25, -0.2) is 0 Å². The fourth-order valence-electron chi connectivity index (χ4n) is 3.69. The first-order valence-electron chi connectivity index (χ1n) is 8.51. The number of nitrogens with one attached hydrogen (secondary N) is 1. The lowest BCUT2D eigenvalue weighted by molar-refractivity contribution is 0.191. The van der Waals surface area contributed by atoms with Gasteiger partial charge in [-0.1, -0.05) is 13.3 Å². The fraction of sp³-hybridized carbons (Fsp3) is 0.941. The molecule has 0 bridgehead atoms. The highest BCUT2D eigenvalue weighted by Gasteiger charge is 2.47. The van der Waals surface area contributed by atoms with Crippen LogP contribution in [0.1, 0.15) is 59.3 Å². The lowest BCUT2D eigenvalue weighted by atomic mass is 9.92. The number of likely N-dealkylation sites (tertiary alicyclic amines) is 1. The van der Waals surface area contributed by atoms with E-state index in [0.29, 0.717) is 12.0 Å². The minimum atomic E-state index is -0.305. The molecule has 0 spiro atoms. The summed E-state index contributed by atoms with van der Waals surface area (Å²) in [6.45, 7) is 9.89. The van der Waals surface area contributed by atoms with Crippen LogP contribution in [0.15, 0.2) is 0 Å². The van der Waals surface area contributed by atoms with Gasteiger partial charge in [0, 0.05) is 12.6 Å². The van der Waals surface area contributed by atoms with Crippen LogP contribution in [0.2, 0.25) is 0 Å². The molecule has 2 atom stereocenters. The molecule has 1 aliphatic heterocycles. The molecule has 2 unspecified atom stereocenters. The van der Waals surface area contributed by atoms with Crippen LogP contribution in [0.4, 0.5) is 0 Å². The molecule has 1 aliphatic carbocycles. The third kappa shape index (κ3) is 3.96. The Morgan fingerprint density at radius 2 is 2.00 bits per heavy atom. The lowest BCUT2D eigenvalue weighted by Crippen LogP contribution is -2.56. The van der Waals surface area contributed by atoms with E-state index in [1.54, 1.807) is 0 Å². The van der Waals surface area contributed by atoms with Crippen molar-refractivity contribution in [3.63, 3.8) is 0 Å². The molecule has 2 rings (SSSR count). The van der Waals surface area contributed by atoms with E-state index < -0.39 is 0 Å². The predicted octanol–water partition coefficient (Wildman–Crippen LogP) is 3.17. The van der Waals surface area contributed by atoms with Gasteiger partial charge in [-0.05, 0) is 70.9 Å². The van der Waals surface area contributed by atoms with Crippen molar-refractivity contribution in [1.82, 2.24) is 10.2 Å². The van der Waals surface area contributed by atoms with Gasteiger partial charge in [0.25, 0.3) is 0 Å². The average Bonchev–Trinajstić information content (AvgIpc) is 3.25. The molecule has 3 heteroatoms. The number of rotatable bonds is 6. The Bertz CT molecular complexity index is 343. The van der Waals surface area contributed by atoms with E-state index in [-0.39, 0.29) is 5.54 Å². The SMILES string of the molecule is CCC1CCCN(CC(C#N)(NC(C)C)C2CC2)CC1. The van der Waals surface area contributed by atoms with Gasteiger partial charge >= 0.3 is 0 Å². The van der Waals surface area contributed by atoms with Crippen LogP contribution >= 0.6 is 0 Å². The van der Waals surface area contributed by atoms with E-state index in [9.17, 15) is 5.26 Å². The van der Waals surface area contributed by atoms with Gasteiger partial charge in [0.1, 0.15) is 5.54 Å². The molecular weight excluding hydrogens is 246 g/mol. The second-order valence-electron chi connectivity index (χ2n) is 7.14. The second-order valence-corrected chi connectivity index (χ2v) is 7.14. The van der Waals surface area contributed by atoms with E-state index in [1.807, 2.05) is 0 Å². The van der Waals surface area contributed by atoms with Crippen molar-refractivity contribution in [2.24, 2.45) is 11.8 Å². The number of hydrogen-bond acceptors (Lipinski definition) is 3. The first-order valence-corrected chi connectivity index (χ1v) is 8.51. The van der Waals surface area contributed by atoms with Crippen molar-refractivity contribution in [2.75, 3.05) is 19.6 Å². The van der Waals surface area contributed by atoms with Gasteiger partial charge in [0.2, 0.25) is 0 Å². The maximum atomic E-state index is 9.80. The maximum Gasteiger partial charge on any atom is 0.122 e. The Balaban J connectivity index is 1.98. The zero-order chi connectivity index (χ0) is 14.6. The number of hydrogen-bond donors (Lipinski definition) is 1. The number of nitriles is 1. The molecule has 3 nitrogen and oxygen atoms in total. The summed E-state index contributed by atoms with van der Waals surface area (Å²) in [7, 11) is 0. The first-order chi connectivity index (χ1) is 9.59. The summed E-state index contributed by atoms with van der Waals surface area (Å²) < 4.78 is 0. The molecule has 114 valence electrons. The molecule has 0 aromatic rings. The second kappa shape index (κ2) is 6.91. The van der Waals surface area contributed by atoms with Gasteiger partial charge in [0.15, 0.2) is 0 Å². The summed E-state index contributed by atoms with van der Waals surface area (Å²) in [5, 5.41) is 13.4. The minimum absolute atomic E-state index is 0.305. The van der Waals surface area contributed by atoms with E-state index in [2.05, 4.69) is 37.1 Å². The molecular formula is C17H31N3. The molecule has 0 radical (unpaired) electrons. The zero-order valence-electron chi connectivity index (χ0n) is 13.5.